The quantitative estimate of drug-likeness (QED) is 0.805. The lowest BCUT2D eigenvalue weighted by Gasteiger charge is -2.32. The van der Waals surface area contributed by atoms with Crippen molar-refractivity contribution >= 4 is 32.5 Å². The third-order valence-electron chi connectivity index (χ3n) is 3.72. The summed E-state index contributed by atoms with van der Waals surface area (Å²) in [6, 6.07) is 8.29. The second-order valence-corrected chi connectivity index (χ2v) is 5.79. The number of hydrogen-bond donors (Lipinski definition) is 0. The third kappa shape index (κ3) is 2.94. The third-order valence-corrected chi connectivity index (χ3v) is 4.05. The fraction of sp³-hybridized carbons (Fsp3) is 0.467. The lowest BCUT2D eigenvalue weighted by atomic mass is 10.1. The molecule has 0 amide bonds. The number of piperidine rings is 1. The largest absolute Gasteiger partial charge is 0.377 e. The maximum Gasteiger partial charge on any atom is 0.159 e. The van der Waals surface area contributed by atoms with Crippen LogP contribution in [0.1, 0.15) is 12.8 Å². The molecule has 0 saturated carbocycles. The minimum Gasteiger partial charge on any atom is -0.377 e. The molecule has 0 aliphatic carbocycles. The van der Waals surface area contributed by atoms with Crippen LogP contribution in [0.3, 0.4) is 0 Å². The van der Waals surface area contributed by atoms with Gasteiger partial charge in [-0.25, -0.2) is 0 Å². The van der Waals surface area contributed by atoms with Gasteiger partial charge < -0.3 is 9.64 Å². The summed E-state index contributed by atoms with van der Waals surface area (Å²) in [6.07, 6.45) is 4.31. The van der Waals surface area contributed by atoms with Crippen molar-refractivity contribution in [2.45, 2.75) is 18.9 Å². The van der Waals surface area contributed by atoms with Crippen molar-refractivity contribution in [1.29, 1.82) is 0 Å². The minimum atomic E-state index is 0.381. The van der Waals surface area contributed by atoms with E-state index < -0.39 is 0 Å². The van der Waals surface area contributed by atoms with Gasteiger partial charge in [-0.05, 0) is 12.8 Å². The first-order chi connectivity index (χ1) is 9.88. The van der Waals surface area contributed by atoms with Crippen LogP contribution >= 0.6 is 15.9 Å². The Labute approximate surface area is 127 Å². The van der Waals surface area contributed by atoms with Crippen molar-refractivity contribution in [3.8, 4) is 0 Å². The molecule has 0 atom stereocenters. The van der Waals surface area contributed by atoms with Crippen molar-refractivity contribution in [2.75, 3.05) is 29.9 Å². The van der Waals surface area contributed by atoms with Crippen molar-refractivity contribution in [3.63, 3.8) is 0 Å². The molecule has 2 aromatic rings. The van der Waals surface area contributed by atoms with Gasteiger partial charge in [0.2, 0.25) is 0 Å². The number of fused-ring (bicyclic) bond motifs is 1. The summed E-state index contributed by atoms with van der Waals surface area (Å²) in [6.45, 7) is 2.75. The van der Waals surface area contributed by atoms with Crippen molar-refractivity contribution < 1.29 is 4.74 Å². The Morgan fingerprint density at radius 2 is 2.05 bits per heavy atom. The number of halogens is 1. The molecule has 0 unspecified atom stereocenters. The summed E-state index contributed by atoms with van der Waals surface area (Å²) in [4.78, 5) is 2.32. The molecule has 1 aliphatic heterocycles. The van der Waals surface area contributed by atoms with Crippen molar-refractivity contribution in [2.24, 2.45) is 0 Å². The Morgan fingerprint density at radius 1 is 1.25 bits per heavy atom. The number of rotatable bonds is 4. The molecular weight excluding hydrogens is 318 g/mol. The summed E-state index contributed by atoms with van der Waals surface area (Å²) in [7, 11) is 0. The fourth-order valence-electron chi connectivity index (χ4n) is 2.69. The molecule has 2 heterocycles. The van der Waals surface area contributed by atoms with Gasteiger partial charge in [0, 0.05) is 29.2 Å². The van der Waals surface area contributed by atoms with E-state index in [2.05, 4.69) is 49.2 Å². The van der Waals surface area contributed by atoms with Crippen molar-refractivity contribution in [1.82, 2.24) is 10.2 Å². The SMILES string of the molecule is BrCCOC1CCN(c2nncc3ccccc23)CC1. The van der Waals surface area contributed by atoms with Gasteiger partial charge in [0.05, 0.1) is 18.9 Å². The van der Waals surface area contributed by atoms with Crippen molar-refractivity contribution in [3.05, 3.63) is 30.5 Å². The molecule has 106 valence electrons. The van der Waals surface area contributed by atoms with Crippen LogP contribution in [0.15, 0.2) is 30.5 Å². The summed E-state index contributed by atoms with van der Waals surface area (Å²) >= 11 is 3.40. The minimum absolute atomic E-state index is 0.381. The normalized spacial score (nSPS) is 16.8. The monoisotopic (exact) mass is 335 g/mol. The topological polar surface area (TPSA) is 38.2 Å². The predicted octanol–water partition coefficient (Wildman–Crippen LogP) is 3.01. The second kappa shape index (κ2) is 6.50. The van der Waals surface area contributed by atoms with Crippen LogP contribution in [-0.4, -0.2) is 41.3 Å². The molecule has 0 bridgehead atoms. The van der Waals surface area contributed by atoms with E-state index in [1.54, 1.807) is 0 Å². The van der Waals surface area contributed by atoms with E-state index in [0.29, 0.717) is 6.10 Å². The predicted molar refractivity (Wildman–Crippen MR) is 84.5 cm³/mol. The standard InChI is InChI=1S/C15H18BrN3O/c16-7-10-20-13-5-8-19(9-6-13)15-14-4-2-1-3-12(14)11-17-18-15/h1-4,11,13H,5-10H2. The van der Waals surface area contributed by atoms with Crippen LogP contribution in [0.25, 0.3) is 10.8 Å². The molecule has 1 aromatic carbocycles. The fourth-order valence-corrected chi connectivity index (χ4v) is 2.88. The smallest absolute Gasteiger partial charge is 0.159 e. The lowest BCUT2D eigenvalue weighted by Crippen LogP contribution is -2.38. The highest BCUT2D eigenvalue weighted by atomic mass is 79.9. The first-order valence-electron chi connectivity index (χ1n) is 7.01. The molecule has 3 rings (SSSR count). The Kier molecular flexibility index (Phi) is 4.47. The van der Waals surface area contributed by atoms with Crippen LogP contribution in [-0.2, 0) is 4.74 Å². The van der Waals surface area contributed by atoms with E-state index in [1.165, 1.54) is 5.39 Å². The molecule has 1 aliphatic rings. The Hall–Kier alpha value is -1.20. The molecule has 1 fully saturated rings. The molecule has 0 spiro atoms. The van der Waals surface area contributed by atoms with Gasteiger partial charge in [0.1, 0.15) is 0 Å². The number of benzene rings is 1. The zero-order valence-corrected chi connectivity index (χ0v) is 12.9. The second-order valence-electron chi connectivity index (χ2n) is 5.00. The average Bonchev–Trinajstić information content (AvgIpc) is 2.53. The lowest BCUT2D eigenvalue weighted by molar-refractivity contribution is 0.0480. The maximum atomic E-state index is 5.79. The Bertz CT molecular complexity index is 565. The molecule has 1 saturated heterocycles. The van der Waals surface area contributed by atoms with Gasteiger partial charge >= 0.3 is 0 Å². The van der Waals surface area contributed by atoms with Gasteiger partial charge in [-0.3, -0.25) is 0 Å². The van der Waals surface area contributed by atoms with Crippen LogP contribution in [0, 0.1) is 0 Å². The number of hydrogen-bond acceptors (Lipinski definition) is 4. The summed E-state index contributed by atoms with van der Waals surface area (Å²) in [5.41, 5.74) is 0. The van der Waals surface area contributed by atoms with E-state index in [1.807, 2.05) is 12.3 Å². The number of ether oxygens (including phenoxy) is 1. The molecule has 1 aromatic heterocycles. The molecule has 0 N–H and O–H groups in total. The molecule has 20 heavy (non-hydrogen) atoms. The highest BCUT2D eigenvalue weighted by Gasteiger charge is 2.21. The Balaban J connectivity index is 1.74. The summed E-state index contributed by atoms with van der Waals surface area (Å²) in [5.74, 6) is 1.00. The molecule has 0 radical (unpaired) electrons. The van der Waals surface area contributed by atoms with Crippen LogP contribution in [0.4, 0.5) is 5.82 Å². The molecular formula is C15H18BrN3O. The van der Waals surface area contributed by atoms with Crippen LogP contribution < -0.4 is 4.90 Å². The van der Waals surface area contributed by atoms with E-state index in [4.69, 9.17) is 4.74 Å². The zero-order valence-electron chi connectivity index (χ0n) is 11.3. The van der Waals surface area contributed by atoms with E-state index >= 15 is 0 Å². The zero-order chi connectivity index (χ0) is 13.8. The van der Waals surface area contributed by atoms with Gasteiger partial charge in [-0.15, -0.1) is 5.10 Å². The maximum absolute atomic E-state index is 5.79. The average molecular weight is 336 g/mol. The van der Waals surface area contributed by atoms with Crippen LogP contribution in [0.2, 0.25) is 0 Å². The number of nitrogens with zero attached hydrogens (tertiary/aromatic N) is 3. The van der Waals surface area contributed by atoms with E-state index in [-0.39, 0.29) is 0 Å². The highest BCUT2D eigenvalue weighted by molar-refractivity contribution is 9.09. The highest BCUT2D eigenvalue weighted by Crippen LogP contribution is 2.26. The first-order valence-corrected chi connectivity index (χ1v) is 8.13. The number of alkyl halides is 1. The van der Waals surface area contributed by atoms with Gasteiger partial charge in [-0.2, -0.15) is 5.10 Å². The molecule has 4 nitrogen and oxygen atoms in total. The number of anilines is 1. The first kappa shape index (κ1) is 13.8. The number of aromatic nitrogens is 2. The van der Waals surface area contributed by atoms with E-state index in [0.717, 1.165) is 49.1 Å². The molecule has 5 heteroatoms. The van der Waals surface area contributed by atoms with Gasteiger partial charge in [0.25, 0.3) is 0 Å². The summed E-state index contributed by atoms with van der Waals surface area (Å²) < 4.78 is 5.79. The Morgan fingerprint density at radius 3 is 2.85 bits per heavy atom. The van der Waals surface area contributed by atoms with Crippen LogP contribution in [0.5, 0.6) is 0 Å². The summed E-state index contributed by atoms with van der Waals surface area (Å²) in [5, 5.41) is 11.7. The van der Waals surface area contributed by atoms with Gasteiger partial charge in [-0.1, -0.05) is 40.2 Å². The van der Waals surface area contributed by atoms with Gasteiger partial charge in [0.15, 0.2) is 5.82 Å². The van der Waals surface area contributed by atoms with E-state index in [9.17, 15) is 0 Å².